The van der Waals surface area contributed by atoms with Crippen LogP contribution in [0.2, 0.25) is 0 Å². The molecule has 0 aliphatic carbocycles. The van der Waals surface area contributed by atoms with Crippen LogP contribution in [-0.2, 0) is 9.59 Å². The number of carbonyl (C=O) groups excluding carboxylic acids is 3. The smallest absolute Gasteiger partial charge is 0.343 e. The fraction of sp³-hybridized carbons (Fsp3) is 0.115. The Labute approximate surface area is 201 Å². The van der Waals surface area contributed by atoms with Crippen LogP contribution in [0.25, 0.3) is 0 Å². The van der Waals surface area contributed by atoms with Gasteiger partial charge in [0.25, 0.3) is 11.8 Å². The third kappa shape index (κ3) is 4.51. The van der Waals surface area contributed by atoms with E-state index in [1.165, 1.54) is 7.11 Å². The molecule has 3 aromatic carbocycles. The summed E-state index contributed by atoms with van der Waals surface area (Å²) < 4.78 is 10.7. The molecule has 4 rings (SSSR count). The third-order valence-electron chi connectivity index (χ3n) is 5.28. The van der Waals surface area contributed by atoms with Crippen molar-refractivity contribution in [2.75, 3.05) is 17.3 Å². The number of halogens is 1. The van der Waals surface area contributed by atoms with Gasteiger partial charge in [0.2, 0.25) is 0 Å². The maximum absolute atomic E-state index is 13.0. The predicted molar refractivity (Wildman–Crippen MR) is 129 cm³/mol. The number of imide groups is 1. The van der Waals surface area contributed by atoms with Gasteiger partial charge in [0.15, 0.2) is 0 Å². The Morgan fingerprint density at radius 1 is 0.941 bits per heavy atom. The second-order valence-electron chi connectivity index (χ2n) is 7.70. The number of rotatable bonds is 6. The number of nitrogens with zero attached hydrogens (tertiary/aromatic N) is 1. The van der Waals surface area contributed by atoms with Crippen LogP contribution in [0.1, 0.15) is 21.5 Å². The highest BCUT2D eigenvalue weighted by atomic mass is 35.5. The molecule has 0 fully saturated rings. The first-order valence-electron chi connectivity index (χ1n) is 10.4. The molecular weight excluding hydrogens is 456 g/mol. The maximum atomic E-state index is 13.0. The molecule has 0 atom stereocenters. The molecule has 0 saturated heterocycles. The Balaban J connectivity index is 1.49. The Kier molecular flexibility index (Phi) is 6.38. The molecule has 7 nitrogen and oxygen atoms in total. The van der Waals surface area contributed by atoms with Crippen molar-refractivity contribution in [2.24, 2.45) is 0 Å². The second kappa shape index (κ2) is 9.41. The zero-order chi connectivity index (χ0) is 24.4. The molecule has 0 saturated carbocycles. The first-order chi connectivity index (χ1) is 16.3. The van der Waals surface area contributed by atoms with E-state index in [1.54, 1.807) is 54.6 Å². The molecule has 8 heteroatoms. The summed E-state index contributed by atoms with van der Waals surface area (Å²) in [5.41, 5.74) is 2.93. The Hall–Kier alpha value is -4.10. The Bertz CT molecular complexity index is 1330. The van der Waals surface area contributed by atoms with Crippen molar-refractivity contribution < 1.29 is 23.9 Å². The summed E-state index contributed by atoms with van der Waals surface area (Å²) in [7, 11) is 1.49. The van der Waals surface area contributed by atoms with Crippen LogP contribution in [0, 0.1) is 13.8 Å². The van der Waals surface area contributed by atoms with Crippen molar-refractivity contribution in [2.45, 2.75) is 13.8 Å². The minimum atomic E-state index is -0.642. The highest BCUT2D eigenvalue weighted by molar-refractivity contribution is 6.53. The summed E-state index contributed by atoms with van der Waals surface area (Å²) in [5.74, 6) is -0.748. The number of aryl methyl sites for hydroxylation is 2. The van der Waals surface area contributed by atoms with Crippen LogP contribution < -0.4 is 19.7 Å². The van der Waals surface area contributed by atoms with Crippen LogP contribution in [-0.4, -0.2) is 24.9 Å². The number of amides is 2. The molecule has 0 radical (unpaired) electrons. The number of carbonyl (C=O) groups is 3. The Morgan fingerprint density at radius 3 is 2.38 bits per heavy atom. The number of ether oxygens (including phenoxy) is 2. The number of anilines is 2. The monoisotopic (exact) mass is 476 g/mol. The summed E-state index contributed by atoms with van der Waals surface area (Å²) in [6.45, 7) is 3.78. The van der Waals surface area contributed by atoms with E-state index >= 15 is 0 Å². The van der Waals surface area contributed by atoms with E-state index in [0.717, 1.165) is 16.0 Å². The molecule has 3 aromatic rings. The standard InChI is InChI=1S/C26H21ClN2O5/c1-15-7-8-16(2)21(13-15)34-26(32)17-9-11-18(12-10-17)28-23-22(27)24(30)29(25(23)31)19-5-4-6-20(14-19)33-3/h4-14,28H,1-3H3. The van der Waals surface area contributed by atoms with E-state index in [-0.39, 0.29) is 10.7 Å². The highest BCUT2D eigenvalue weighted by Gasteiger charge is 2.39. The van der Waals surface area contributed by atoms with Crippen LogP contribution in [0.15, 0.2) is 77.5 Å². The summed E-state index contributed by atoms with van der Waals surface area (Å²) in [6, 6.07) is 18.5. The van der Waals surface area contributed by atoms with Gasteiger partial charge in [-0.15, -0.1) is 0 Å². The van der Waals surface area contributed by atoms with Crippen molar-refractivity contribution >= 4 is 40.8 Å². The number of hydrogen-bond donors (Lipinski definition) is 1. The van der Waals surface area contributed by atoms with Crippen molar-refractivity contribution in [1.29, 1.82) is 0 Å². The van der Waals surface area contributed by atoms with Crippen molar-refractivity contribution in [1.82, 2.24) is 0 Å². The van der Waals surface area contributed by atoms with Gasteiger partial charge in [-0.25, -0.2) is 9.69 Å². The van der Waals surface area contributed by atoms with Gasteiger partial charge < -0.3 is 14.8 Å². The summed E-state index contributed by atoms with van der Waals surface area (Å²) >= 11 is 6.19. The molecule has 0 spiro atoms. The summed E-state index contributed by atoms with van der Waals surface area (Å²) in [4.78, 5) is 39.1. The fourth-order valence-corrected chi connectivity index (χ4v) is 3.62. The van der Waals surface area contributed by atoms with E-state index in [2.05, 4.69) is 5.32 Å². The lowest BCUT2D eigenvalue weighted by Crippen LogP contribution is -2.32. The second-order valence-corrected chi connectivity index (χ2v) is 8.07. The minimum absolute atomic E-state index is 0.0554. The van der Waals surface area contributed by atoms with E-state index in [1.807, 2.05) is 26.0 Å². The minimum Gasteiger partial charge on any atom is -0.497 e. The SMILES string of the molecule is COc1cccc(N2C(=O)C(Cl)=C(Nc3ccc(C(=O)Oc4cc(C)ccc4C)cc3)C2=O)c1. The zero-order valence-electron chi connectivity index (χ0n) is 18.7. The quantitative estimate of drug-likeness (QED) is 0.307. The summed E-state index contributed by atoms with van der Waals surface area (Å²) in [5, 5.41) is 2.65. The molecule has 1 aliphatic rings. The lowest BCUT2D eigenvalue weighted by molar-refractivity contribution is -0.120. The molecule has 2 amide bonds. The molecule has 1 aliphatic heterocycles. The van der Waals surface area contributed by atoms with Gasteiger partial charge in [0.1, 0.15) is 22.2 Å². The van der Waals surface area contributed by atoms with Gasteiger partial charge in [-0.05, 0) is 67.4 Å². The number of hydrogen-bond acceptors (Lipinski definition) is 6. The predicted octanol–water partition coefficient (Wildman–Crippen LogP) is 4.97. The van der Waals surface area contributed by atoms with Crippen molar-refractivity contribution in [3.8, 4) is 11.5 Å². The first-order valence-corrected chi connectivity index (χ1v) is 10.8. The topological polar surface area (TPSA) is 84.9 Å². The zero-order valence-corrected chi connectivity index (χ0v) is 19.5. The van der Waals surface area contributed by atoms with E-state index in [0.29, 0.717) is 28.4 Å². The fourth-order valence-electron chi connectivity index (χ4n) is 3.41. The van der Waals surface area contributed by atoms with Gasteiger partial charge in [-0.3, -0.25) is 9.59 Å². The molecular formula is C26H21ClN2O5. The van der Waals surface area contributed by atoms with Crippen LogP contribution in [0.3, 0.4) is 0 Å². The van der Waals surface area contributed by atoms with Gasteiger partial charge in [0.05, 0.1) is 18.4 Å². The highest BCUT2D eigenvalue weighted by Crippen LogP contribution is 2.32. The average Bonchev–Trinajstić information content (AvgIpc) is 3.04. The van der Waals surface area contributed by atoms with E-state index in [9.17, 15) is 14.4 Å². The van der Waals surface area contributed by atoms with Crippen molar-refractivity contribution in [3.63, 3.8) is 0 Å². The van der Waals surface area contributed by atoms with E-state index < -0.39 is 17.8 Å². The van der Waals surface area contributed by atoms with Gasteiger partial charge >= 0.3 is 5.97 Å². The van der Waals surface area contributed by atoms with Crippen LogP contribution in [0.5, 0.6) is 11.5 Å². The number of esters is 1. The number of benzene rings is 3. The lowest BCUT2D eigenvalue weighted by Gasteiger charge is -2.16. The van der Waals surface area contributed by atoms with Gasteiger partial charge in [-0.1, -0.05) is 29.8 Å². The summed E-state index contributed by atoms with van der Waals surface area (Å²) in [6.07, 6.45) is 0. The number of nitrogens with one attached hydrogen (secondary N) is 1. The molecule has 1 heterocycles. The normalized spacial score (nSPS) is 13.4. The third-order valence-corrected chi connectivity index (χ3v) is 5.63. The van der Waals surface area contributed by atoms with Gasteiger partial charge in [-0.2, -0.15) is 0 Å². The lowest BCUT2D eigenvalue weighted by atomic mass is 10.1. The molecule has 172 valence electrons. The Morgan fingerprint density at radius 2 is 1.68 bits per heavy atom. The largest absolute Gasteiger partial charge is 0.497 e. The van der Waals surface area contributed by atoms with Crippen LogP contribution in [0.4, 0.5) is 11.4 Å². The first kappa shape index (κ1) is 23.1. The van der Waals surface area contributed by atoms with E-state index in [4.69, 9.17) is 21.1 Å². The van der Waals surface area contributed by atoms with Gasteiger partial charge in [0, 0.05) is 11.8 Å². The molecule has 0 aromatic heterocycles. The average molecular weight is 477 g/mol. The molecule has 34 heavy (non-hydrogen) atoms. The van der Waals surface area contributed by atoms with Crippen molar-refractivity contribution in [3.05, 3.63) is 94.1 Å². The number of methoxy groups -OCH3 is 1. The molecule has 0 unspecified atom stereocenters. The molecule has 1 N–H and O–H groups in total. The molecule has 0 bridgehead atoms. The van der Waals surface area contributed by atoms with Crippen LogP contribution >= 0.6 is 11.6 Å². The maximum Gasteiger partial charge on any atom is 0.343 e.